The van der Waals surface area contributed by atoms with Gasteiger partial charge in [0.15, 0.2) is 17.2 Å². The lowest BCUT2D eigenvalue weighted by atomic mass is 9.84. The average molecular weight is 600 g/mol. The van der Waals surface area contributed by atoms with E-state index in [-0.39, 0.29) is 46.3 Å². The van der Waals surface area contributed by atoms with E-state index in [9.17, 15) is 9.59 Å². The summed E-state index contributed by atoms with van der Waals surface area (Å²) in [5, 5.41) is 20.4. The van der Waals surface area contributed by atoms with Crippen LogP contribution in [0.3, 0.4) is 0 Å². The number of anilines is 1. The van der Waals surface area contributed by atoms with E-state index in [1.54, 1.807) is 11.0 Å². The largest absolute Gasteiger partial charge is 0.491 e. The normalized spacial score (nSPS) is 14.0. The highest BCUT2D eigenvalue weighted by Crippen LogP contribution is 2.42. The van der Waals surface area contributed by atoms with Gasteiger partial charge in [-0.2, -0.15) is 5.26 Å². The molecule has 0 unspecified atom stereocenters. The Labute approximate surface area is 239 Å². The number of fused-ring (bicyclic) bond motifs is 2. The van der Waals surface area contributed by atoms with E-state index in [1.165, 1.54) is 7.05 Å². The van der Waals surface area contributed by atoms with Gasteiger partial charge in [-0.25, -0.2) is 4.98 Å². The maximum absolute atomic E-state index is 13.6. The summed E-state index contributed by atoms with van der Waals surface area (Å²) in [6, 6.07) is 7.65. The van der Waals surface area contributed by atoms with Crippen molar-refractivity contribution < 1.29 is 19.1 Å². The van der Waals surface area contributed by atoms with Gasteiger partial charge >= 0.3 is 0 Å². The van der Waals surface area contributed by atoms with Gasteiger partial charge in [0.1, 0.15) is 23.9 Å². The maximum Gasteiger partial charge on any atom is 0.273 e. The van der Waals surface area contributed by atoms with Gasteiger partial charge in [-0.3, -0.25) is 15.0 Å². The van der Waals surface area contributed by atoms with Crippen LogP contribution in [0.15, 0.2) is 18.2 Å². The Bertz CT molecular complexity index is 1330. The Morgan fingerprint density at radius 3 is 2.64 bits per heavy atom. The molecule has 11 heteroatoms. The molecule has 39 heavy (non-hydrogen) atoms. The predicted octanol–water partition coefficient (Wildman–Crippen LogP) is 3.85. The number of halogens is 1. The number of aromatic nitrogens is 1. The summed E-state index contributed by atoms with van der Waals surface area (Å²) >= 11 is 0. The quantitative estimate of drug-likeness (QED) is 0.438. The molecule has 0 spiro atoms. The molecule has 208 valence electrons. The van der Waals surface area contributed by atoms with Crippen molar-refractivity contribution in [2.24, 2.45) is 0 Å². The molecule has 10 nitrogen and oxygen atoms in total. The first-order chi connectivity index (χ1) is 18.1. The lowest BCUT2D eigenvalue weighted by Gasteiger charge is -2.35. The molecule has 0 radical (unpaired) electrons. The molecule has 1 aromatic carbocycles. The monoisotopic (exact) mass is 598 g/mol. The van der Waals surface area contributed by atoms with Crippen LogP contribution in [0, 0.1) is 16.7 Å². The first-order valence-electron chi connectivity index (χ1n) is 12.8. The van der Waals surface area contributed by atoms with Crippen molar-refractivity contribution in [1.82, 2.24) is 15.2 Å². The number of ether oxygens (including phenoxy) is 2. The number of carbonyl (C=O) groups is 2. The average Bonchev–Trinajstić information content (AvgIpc) is 3.19. The summed E-state index contributed by atoms with van der Waals surface area (Å²) in [4.78, 5) is 34.2. The number of Topliss-reactive ketones (excluding diaryl/α,β-unsaturated/α-hetero) is 1. The van der Waals surface area contributed by atoms with Crippen LogP contribution in [0.1, 0.15) is 71.8 Å². The topological polar surface area (TPSA) is 132 Å². The molecule has 2 N–H and O–H groups in total. The first kappa shape index (κ1) is 29.9. The molecule has 0 saturated heterocycles. The van der Waals surface area contributed by atoms with Crippen LogP contribution < -0.4 is 19.7 Å². The Balaban J connectivity index is 0.00000420. The molecule has 0 fully saturated rings. The molecule has 1 aromatic heterocycles. The number of pyridine rings is 1. The van der Waals surface area contributed by atoms with Crippen molar-refractivity contribution in [3.8, 4) is 17.6 Å². The Kier molecular flexibility index (Phi) is 9.22. The van der Waals surface area contributed by atoms with Gasteiger partial charge in [-0.15, -0.1) is 17.0 Å². The fourth-order valence-electron chi connectivity index (χ4n) is 4.75. The molecule has 0 bridgehead atoms. The van der Waals surface area contributed by atoms with Gasteiger partial charge in [0.2, 0.25) is 0 Å². The van der Waals surface area contributed by atoms with E-state index < -0.39 is 5.91 Å². The summed E-state index contributed by atoms with van der Waals surface area (Å²) in [5.41, 5.74) is 3.23. The molecular formula is C28H35BrN6O4. The molecule has 2 aliphatic rings. The SMILES string of the molecule is Br.CCOc1cc2c(nc1C(=O)NC)C(=N)N(CC(=O)c1cc3c(c(C(C)(C)C)c1)OCCN3CCC#N)C2. The van der Waals surface area contributed by atoms with Crippen LogP contribution in [0.25, 0.3) is 0 Å². The molecule has 4 rings (SSSR count). The molecule has 0 saturated carbocycles. The molecule has 1 amide bonds. The van der Waals surface area contributed by atoms with Crippen molar-refractivity contribution in [3.63, 3.8) is 0 Å². The second-order valence-corrected chi connectivity index (χ2v) is 10.3. The third-order valence-corrected chi connectivity index (χ3v) is 6.69. The number of hydrogen-bond acceptors (Lipinski definition) is 8. The lowest BCUT2D eigenvalue weighted by Crippen LogP contribution is -2.35. The highest BCUT2D eigenvalue weighted by Gasteiger charge is 2.33. The standard InChI is InChI=1S/C28H34N6O4.BrH/c1-6-37-22-14-18-15-34(26(30)23(18)32-24(22)27(36)31-5)16-21(35)17-12-19(28(2,3)4)25-20(13-17)33(9-7-8-29)10-11-38-25;/h12-14,30H,6-7,9-11,15-16H2,1-5H3,(H,31,36);1H. The number of amidine groups is 1. The van der Waals surface area contributed by atoms with Crippen LogP contribution in [0.5, 0.6) is 11.5 Å². The number of nitrogens with one attached hydrogen (secondary N) is 2. The third kappa shape index (κ3) is 6.01. The maximum atomic E-state index is 13.6. The zero-order chi connectivity index (χ0) is 27.6. The summed E-state index contributed by atoms with van der Waals surface area (Å²) in [7, 11) is 1.51. The van der Waals surface area contributed by atoms with Gasteiger partial charge < -0.3 is 24.6 Å². The summed E-state index contributed by atoms with van der Waals surface area (Å²) in [5.74, 6) is 0.667. The fourth-order valence-corrected chi connectivity index (χ4v) is 4.75. The molecule has 2 aromatic rings. The number of amides is 1. The van der Waals surface area contributed by atoms with Crippen molar-refractivity contribution >= 4 is 40.2 Å². The van der Waals surface area contributed by atoms with E-state index in [0.29, 0.717) is 56.3 Å². The van der Waals surface area contributed by atoms with Crippen LogP contribution in [0.4, 0.5) is 5.69 Å². The molecule has 2 aliphatic heterocycles. The smallest absolute Gasteiger partial charge is 0.273 e. The number of benzene rings is 1. The zero-order valence-corrected chi connectivity index (χ0v) is 24.7. The number of hydrogen-bond donors (Lipinski definition) is 2. The third-order valence-electron chi connectivity index (χ3n) is 6.69. The van der Waals surface area contributed by atoms with Gasteiger partial charge in [0.05, 0.1) is 37.9 Å². The van der Waals surface area contributed by atoms with Gasteiger partial charge in [-0.1, -0.05) is 20.8 Å². The van der Waals surface area contributed by atoms with E-state index in [1.807, 2.05) is 19.1 Å². The minimum Gasteiger partial charge on any atom is -0.491 e. The highest BCUT2D eigenvalue weighted by molar-refractivity contribution is 8.93. The van der Waals surface area contributed by atoms with Crippen LogP contribution >= 0.6 is 17.0 Å². The van der Waals surface area contributed by atoms with E-state index in [2.05, 4.69) is 42.0 Å². The molecule has 0 atom stereocenters. The number of ketones is 1. The first-order valence-corrected chi connectivity index (χ1v) is 12.8. The Hall–Kier alpha value is -3.65. The summed E-state index contributed by atoms with van der Waals surface area (Å²) < 4.78 is 11.7. The number of carbonyl (C=O) groups excluding carboxylic acids is 2. The van der Waals surface area contributed by atoms with Gasteiger partial charge in [0, 0.05) is 36.8 Å². The van der Waals surface area contributed by atoms with Crippen molar-refractivity contribution in [2.45, 2.75) is 46.1 Å². The van der Waals surface area contributed by atoms with E-state index in [4.69, 9.17) is 20.1 Å². The second-order valence-electron chi connectivity index (χ2n) is 10.3. The minimum atomic E-state index is -0.398. The molecule has 0 aliphatic carbocycles. The number of nitriles is 1. The Morgan fingerprint density at radius 1 is 1.26 bits per heavy atom. The fraction of sp³-hybridized carbons (Fsp3) is 0.464. The van der Waals surface area contributed by atoms with Crippen LogP contribution in [0.2, 0.25) is 0 Å². The van der Waals surface area contributed by atoms with Crippen molar-refractivity contribution in [3.05, 3.63) is 46.3 Å². The van der Waals surface area contributed by atoms with Crippen LogP contribution in [-0.2, 0) is 12.0 Å². The zero-order valence-electron chi connectivity index (χ0n) is 23.0. The number of nitrogens with zero attached hydrogens (tertiary/aromatic N) is 4. The van der Waals surface area contributed by atoms with Gasteiger partial charge in [0.25, 0.3) is 5.91 Å². The van der Waals surface area contributed by atoms with Gasteiger partial charge in [-0.05, 0) is 30.5 Å². The summed E-state index contributed by atoms with van der Waals surface area (Å²) in [6.45, 7) is 10.4. The lowest BCUT2D eigenvalue weighted by molar-refractivity contribution is 0.0949. The van der Waals surface area contributed by atoms with Crippen molar-refractivity contribution in [1.29, 1.82) is 10.7 Å². The molecular weight excluding hydrogens is 564 g/mol. The highest BCUT2D eigenvalue weighted by atomic mass is 79.9. The van der Waals surface area contributed by atoms with E-state index in [0.717, 1.165) is 22.6 Å². The summed E-state index contributed by atoms with van der Waals surface area (Å²) in [6.07, 6.45) is 0.375. The Morgan fingerprint density at radius 2 is 2.00 bits per heavy atom. The second kappa shape index (κ2) is 12.0. The minimum absolute atomic E-state index is 0. The predicted molar refractivity (Wildman–Crippen MR) is 154 cm³/mol. The van der Waals surface area contributed by atoms with E-state index >= 15 is 0 Å². The molecule has 3 heterocycles. The number of rotatable bonds is 8. The van der Waals surface area contributed by atoms with Crippen molar-refractivity contribution in [2.75, 3.05) is 44.8 Å². The van der Waals surface area contributed by atoms with Crippen LogP contribution in [-0.4, -0.2) is 67.3 Å².